The number of anilines is 1. The summed E-state index contributed by atoms with van der Waals surface area (Å²) in [5.74, 6) is 0.287. The molecular formula is C25H27N5O2S2. The van der Waals surface area contributed by atoms with Crippen LogP contribution in [0.25, 0.3) is 17.2 Å². The fourth-order valence-electron chi connectivity index (χ4n) is 4.32. The Kier molecular flexibility index (Phi) is 7.24. The topological polar surface area (TPSA) is 99.2 Å². The average molecular weight is 494 g/mol. The van der Waals surface area contributed by atoms with Crippen LogP contribution in [0, 0.1) is 0 Å². The first kappa shape index (κ1) is 23.0. The van der Waals surface area contributed by atoms with Crippen LogP contribution in [0.1, 0.15) is 36.9 Å². The normalized spacial score (nSPS) is 23.7. The van der Waals surface area contributed by atoms with Crippen molar-refractivity contribution >= 4 is 41.0 Å². The molecule has 1 aliphatic heterocycles. The van der Waals surface area contributed by atoms with Gasteiger partial charge in [-0.3, -0.25) is 4.79 Å². The molecule has 1 saturated carbocycles. The van der Waals surface area contributed by atoms with Crippen LogP contribution >= 0.6 is 23.1 Å². The van der Waals surface area contributed by atoms with Crippen LogP contribution in [0.2, 0.25) is 0 Å². The van der Waals surface area contributed by atoms with E-state index in [2.05, 4.69) is 67.0 Å². The first-order valence-electron chi connectivity index (χ1n) is 11.4. The second kappa shape index (κ2) is 10.7. The Labute approximate surface area is 207 Å². The Hall–Kier alpha value is -2.72. The Bertz CT molecular complexity index is 1160. The number of thioether (sulfide) groups is 1. The number of aromatic nitrogens is 2. The number of carbonyl (C=O) groups excluding carboxylic acids is 1. The molecule has 1 saturated heterocycles. The highest BCUT2D eigenvalue weighted by molar-refractivity contribution is 8.05. The summed E-state index contributed by atoms with van der Waals surface area (Å²) < 4.78 is 0. The maximum absolute atomic E-state index is 11.8. The summed E-state index contributed by atoms with van der Waals surface area (Å²) in [6.45, 7) is 0.876. The first-order chi connectivity index (χ1) is 16.6. The summed E-state index contributed by atoms with van der Waals surface area (Å²) in [5.41, 5.74) is 3.61. The summed E-state index contributed by atoms with van der Waals surface area (Å²) in [6.07, 6.45) is 7.66. The number of carbonyl (C=O) groups is 1. The van der Waals surface area contributed by atoms with Crippen molar-refractivity contribution in [2.24, 2.45) is 0 Å². The lowest BCUT2D eigenvalue weighted by Crippen LogP contribution is -2.36. The van der Waals surface area contributed by atoms with E-state index in [1.54, 1.807) is 29.7 Å². The Morgan fingerprint density at radius 1 is 1.12 bits per heavy atom. The summed E-state index contributed by atoms with van der Waals surface area (Å²) in [5, 5.41) is 23.5. The maximum Gasteiger partial charge on any atom is 0.260 e. The highest BCUT2D eigenvalue weighted by Crippen LogP contribution is 2.28. The summed E-state index contributed by atoms with van der Waals surface area (Å²) >= 11 is 2.81. The van der Waals surface area contributed by atoms with E-state index in [9.17, 15) is 9.90 Å². The Morgan fingerprint density at radius 3 is 2.74 bits per heavy atom. The van der Waals surface area contributed by atoms with Crippen molar-refractivity contribution in [3.63, 3.8) is 0 Å². The van der Waals surface area contributed by atoms with E-state index in [4.69, 9.17) is 0 Å². The number of hydrogen-bond donors (Lipinski definition) is 4. The van der Waals surface area contributed by atoms with Crippen molar-refractivity contribution in [1.29, 1.82) is 0 Å². The second-order valence-corrected chi connectivity index (χ2v) is 10.4. The van der Waals surface area contributed by atoms with Crippen LogP contribution in [0.15, 0.2) is 58.3 Å². The first-order valence-corrected chi connectivity index (χ1v) is 13.3. The van der Waals surface area contributed by atoms with Gasteiger partial charge in [0.2, 0.25) is 5.95 Å². The largest absolute Gasteiger partial charge is 0.364 e. The fourth-order valence-corrected chi connectivity index (χ4v) is 5.75. The van der Waals surface area contributed by atoms with Crippen molar-refractivity contribution < 1.29 is 9.90 Å². The molecule has 3 heterocycles. The fraction of sp³-hybridized carbons (Fsp3) is 0.320. The molecule has 3 aromatic rings. The van der Waals surface area contributed by atoms with Crippen LogP contribution in [0.3, 0.4) is 0 Å². The number of hydrogen-bond acceptors (Lipinski definition) is 8. The molecule has 0 bridgehead atoms. The molecule has 9 heteroatoms. The van der Waals surface area contributed by atoms with E-state index < -0.39 is 5.56 Å². The van der Waals surface area contributed by atoms with E-state index in [-0.39, 0.29) is 5.91 Å². The summed E-state index contributed by atoms with van der Waals surface area (Å²) in [7, 11) is 0. The van der Waals surface area contributed by atoms with Crippen LogP contribution in [0.5, 0.6) is 0 Å². The minimum atomic E-state index is -0.896. The van der Waals surface area contributed by atoms with Crippen molar-refractivity contribution in [3.05, 3.63) is 69.5 Å². The summed E-state index contributed by atoms with van der Waals surface area (Å²) in [4.78, 5) is 21.1. The summed E-state index contributed by atoms with van der Waals surface area (Å²) in [6, 6.07) is 13.5. The predicted molar refractivity (Wildman–Crippen MR) is 138 cm³/mol. The molecule has 1 aliphatic carbocycles. The molecule has 1 atom stereocenters. The third-order valence-corrected chi connectivity index (χ3v) is 7.69. The minimum absolute atomic E-state index is 0.283. The van der Waals surface area contributed by atoms with Crippen LogP contribution in [-0.4, -0.2) is 38.6 Å². The van der Waals surface area contributed by atoms with E-state index in [0.29, 0.717) is 28.6 Å². The number of nitrogens with one attached hydrogen (secondary N) is 3. The zero-order valence-electron chi connectivity index (χ0n) is 18.6. The smallest absolute Gasteiger partial charge is 0.260 e. The van der Waals surface area contributed by atoms with Crippen molar-refractivity contribution in [3.8, 4) is 11.1 Å². The molecule has 1 aromatic carbocycles. The number of thiophene rings is 1. The lowest BCUT2D eigenvalue weighted by molar-refractivity contribution is -0.117. The van der Waals surface area contributed by atoms with Gasteiger partial charge in [-0.1, -0.05) is 30.0 Å². The van der Waals surface area contributed by atoms with Crippen molar-refractivity contribution in [2.75, 3.05) is 5.32 Å². The lowest BCUT2D eigenvalue weighted by Gasteiger charge is -2.30. The predicted octanol–water partition coefficient (Wildman–Crippen LogP) is 4.20. The molecule has 0 spiro atoms. The van der Waals surface area contributed by atoms with Crippen LogP contribution in [0.4, 0.5) is 5.95 Å². The van der Waals surface area contributed by atoms with Gasteiger partial charge in [-0.15, -0.1) is 0 Å². The van der Waals surface area contributed by atoms with Gasteiger partial charge in [0, 0.05) is 24.8 Å². The molecule has 2 fully saturated rings. The SMILES string of the molecule is O=C1NC(O)S/C1=C\c1ccnc(NC2CCC(NCc3cccc(-c4ccsc4)c3)CC2)n1. The lowest BCUT2D eigenvalue weighted by atomic mass is 9.91. The Balaban J connectivity index is 1.11. The molecule has 1 unspecified atom stereocenters. The maximum atomic E-state index is 11.8. The zero-order chi connectivity index (χ0) is 23.3. The second-order valence-electron chi connectivity index (χ2n) is 8.54. The molecule has 7 nitrogen and oxygen atoms in total. The number of nitrogens with zero attached hydrogens (tertiary/aromatic N) is 2. The zero-order valence-corrected chi connectivity index (χ0v) is 20.2. The van der Waals surface area contributed by atoms with Gasteiger partial charge in [0.1, 0.15) is 0 Å². The molecule has 1 amide bonds. The van der Waals surface area contributed by atoms with E-state index in [0.717, 1.165) is 44.0 Å². The van der Waals surface area contributed by atoms with E-state index >= 15 is 0 Å². The van der Waals surface area contributed by atoms with E-state index in [1.807, 2.05) is 0 Å². The quantitative estimate of drug-likeness (QED) is 0.366. The minimum Gasteiger partial charge on any atom is -0.364 e. The van der Waals surface area contributed by atoms with Gasteiger partial charge in [0.25, 0.3) is 5.91 Å². The highest BCUT2D eigenvalue weighted by atomic mass is 32.2. The third-order valence-electron chi connectivity index (χ3n) is 6.11. The molecule has 0 radical (unpaired) electrons. The number of benzene rings is 1. The van der Waals surface area contributed by atoms with Gasteiger partial charge < -0.3 is 21.1 Å². The van der Waals surface area contributed by atoms with E-state index in [1.165, 1.54) is 16.7 Å². The third kappa shape index (κ3) is 5.85. The number of rotatable bonds is 7. The van der Waals surface area contributed by atoms with Gasteiger partial charge in [-0.25, -0.2) is 9.97 Å². The molecular weight excluding hydrogens is 466 g/mol. The standard InChI is InChI=1S/C25H27N5O2S2/c31-23-22(34-25(32)30-23)13-21-8-10-26-24(29-21)28-20-6-4-19(5-7-20)27-14-16-2-1-3-17(12-16)18-9-11-33-15-18/h1-3,8-13,15,19-20,25,27,32H,4-7,14H2,(H,30,31)(H,26,28,29)/b22-13-. The highest BCUT2D eigenvalue weighted by Gasteiger charge is 2.25. The molecule has 2 aliphatic rings. The molecule has 4 N–H and O–H groups in total. The molecule has 176 valence electrons. The average Bonchev–Trinajstić information content (AvgIpc) is 3.49. The molecule has 34 heavy (non-hydrogen) atoms. The van der Waals surface area contributed by atoms with Gasteiger partial charge in [-0.2, -0.15) is 11.3 Å². The number of aliphatic hydroxyl groups is 1. The van der Waals surface area contributed by atoms with Crippen LogP contribution in [-0.2, 0) is 11.3 Å². The van der Waals surface area contributed by atoms with Gasteiger partial charge in [0.05, 0.1) is 10.6 Å². The van der Waals surface area contributed by atoms with Gasteiger partial charge >= 0.3 is 0 Å². The molecule has 5 rings (SSSR count). The Morgan fingerprint density at radius 2 is 1.97 bits per heavy atom. The van der Waals surface area contributed by atoms with Crippen molar-refractivity contribution in [2.45, 2.75) is 49.9 Å². The van der Waals surface area contributed by atoms with Crippen LogP contribution < -0.4 is 16.0 Å². The number of amides is 1. The van der Waals surface area contributed by atoms with Gasteiger partial charge in [-0.05, 0) is 77.4 Å². The van der Waals surface area contributed by atoms with Crippen molar-refractivity contribution in [1.82, 2.24) is 20.6 Å². The monoisotopic (exact) mass is 493 g/mol. The van der Waals surface area contributed by atoms with Gasteiger partial charge in [0.15, 0.2) is 5.56 Å². The molecule has 2 aromatic heterocycles. The number of aliphatic hydroxyl groups excluding tert-OH is 1.